The maximum atomic E-state index is 12.0. The van der Waals surface area contributed by atoms with Crippen LogP contribution in [0.15, 0.2) is 6.20 Å². The fraction of sp³-hybridized carbons (Fsp3) is 0.500. The van der Waals surface area contributed by atoms with Crippen LogP contribution < -0.4 is 4.74 Å². The minimum atomic E-state index is -0.550. The van der Waals surface area contributed by atoms with Gasteiger partial charge in [0, 0.05) is 6.20 Å². The second-order valence-corrected chi connectivity index (χ2v) is 2.50. The molecule has 1 aromatic rings. The molecule has 0 unspecified atom stereocenters. The van der Waals surface area contributed by atoms with Crippen molar-refractivity contribution in [3.63, 3.8) is 0 Å². The summed E-state index contributed by atoms with van der Waals surface area (Å²) in [5, 5.41) is 3.84. The molecule has 0 aromatic carbocycles. The molecule has 1 heterocycles. The summed E-state index contributed by atoms with van der Waals surface area (Å²) in [6.45, 7) is -0.460. The summed E-state index contributed by atoms with van der Waals surface area (Å²) in [5.74, 6) is -0.405. The van der Waals surface area contributed by atoms with Crippen LogP contribution in [0.3, 0.4) is 0 Å². The molecule has 0 fully saturated rings. The molecule has 0 aliphatic carbocycles. The van der Waals surface area contributed by atoms with Gasteiger partial charge in [0.2, 0.25) is 5.88 Å². The fourth-order valence-corrected chi connectivity index (χ4v) is 1.01. The van der Waals surface area contributed by atoms with E-state index in [0.29, 0.717) is 0 Å². The lowest BCUT2D eigenvalue weighted by atomic mass is 10.3. The number of carbonyl (C=O) groups is 1. The monoisotopic (exact) mass is 202 g/mol. The molecule has 0 saturated heterocycles. The van der Waals surface area contributed by atoms with Crippen LogP contribution >= 0.6 is 0 Å². The van der Waals surface area contributed by atoms with Gasteiger partial charge in [0.15, 0.2) is 0 Å². The fourth-order valence-electron chi connectivity index (χ4n) is 1.01. The summed E-state index contributed by atoms with van der Waals surface area (Å²) in [6, 6.07) is 0. The topological polar surface area (TPSA) is 53.4 Å². The molecule has 1 rings (SSSR count). The minimum absolute atomic E-state index is 0.0906. The molecule has 0 saturated carbocycles. The third-order valence-electron chi connectivity index (χ3n) is 1.64. The largest absolute Gasteiger partial charge is 0.479 e. The van der Waals surface area contributed by atoms with E-state index < -0.39 is 12.6 Å². The van der Waals surface area contributed by atoms with Gasteiger partial charge in [-0.15, -0.1) is 5.10 Å². The van der Waals surface area contributed by atoms with Crippen LogP contribution in [0.25, 0.3) is 0 Å². The van der Waals surface area contributed by atoms with Gasteiger partial charge in [-0.25, -0.2) is 9.18 Å². The Morgan fingerprint density at radius 3 is 2.86 bits per heavy atom. The van der Waals surface area contributed by atoms with Gasteiger partial charge in [-0.1, -0.05) is 0 Å². The van der Waals surface area contributed by atoms with E-state index in [1.807, 2.05) is 0 Å². The SMILES string of the molecule is COC(=O)c1cn(CCF)nc1OC. The Morgan fingerprint density at radius 2 is 2.36 bits per heavy atom. The third kappa shape index (κ3) is 2.01. The van der Waals surface area contributed by atoms with Crippen LogP contribution in [-0.4, -0.2) is 36.6 Å². The highest BCUT2D eigenvalue weighted by Gasteiger charge is 2.17. The van der Waals surface area contributed by atoms with Crippen molar-refractivity contribution in [2.75, 3.05) is 20.9 Å². The number of esters is 1. The Hall–Kier alpha value is -1.59. The van der Waals surface area contributed by atoms with Gasteiger partial charge in [-0.3, -0.25) is 4.68 Å². The number of hydrogen-bond donors (Lipinski definition) is 0. The lowest BCUT2D eigenvalue weighted by molar-refractivity contribution is 0.0597. The van der Waals surface area contributed by atoms with Crippen LogP contribution in [-0.2, 0) is 11.3 Å². The number of rotatable bonds is 4. The average molecular weight is 202 g/mol. The zero-order chi connectivity index (χ0) is 10.6. The highest BCUT2D eigenvalue weighted by Crippen LogP contribution is 2.16. The van der Waals surface area contributed by atoms with E-state index in [9.17, 15) is 9.18 Å². The highest BCUT2D eigenvalue weighted by molar-refractivity contribution is 5.91. The third-order valence-corrected chi connectivity index (χ3v) is 1.64. The Kier molecular flexibility index (Phi) is 3.44. The summed E-state index contributed by atoms with van der Waals surface area (Å²) in [7, 11) is 2.64. The number of nitrogens with zero attached hydrogens (tertiary/aromatic N) is 2. The summed E-state index contributed by atoms with van der Waals surface area (Å²) >= 11 is 0. The van der Waals surface area contributed by atoms with Crippen LogP contribution in [0.5, 0.6) is 5.88 Å². The first-order valence-electron chi connectivity index (χ1n) is 3.98. The normalized spacial score (nSPS) is 9.93. The Balaban J connectivity index is 2.96. The van der Waals surface area contributed by atoms with Gasteiger partial charge in [-0.2, -0.15) is 0 Å². The van der Waals surface area contributed by atoms with E-state index in [1.54, 1.807) is 0 Å². The van der Waals surface area contributed by atoms with Crippen LogP contribution in [0.2, 0.25) is 0 Å². The molecule has 6 heteroatoms. The maximum Gasteiger partial charge on any atom is 0.345 e. The molecule has 14 heavy (non-hydrogen) atoms. The van der Waals surface area contributed by atoms with Crippen molar-refractivity contribution in [2.45, 2.75) is 6.54 Å². The summed E-state index contributed by atoms with van der Waals surface area (Å²) in [6.07, 6.45) is 1.39. The molecular weight excluding hydrogens is 191 g/mol. The molecule has 0 N–H and O–H groups in total. The number of aromatic nitrogens is 2. The molecular formula is C8H11FN2O3. The van der Waals surface area contributed by atoms with Crippen molar-refractivity contribution in [1.29, 1.82) is 0 Å². The maximum absolute atomic E-state index is 12.0. The average Bonchev–Trinajstić information content (AvgIpc) is 2.60. The number of ether oxygens (including phenoxy) is 2. The zero-order valence-corrected chi connectivity index (χ0v) is 7.99. The van der Waals surface area contributed by atoms with Crippen molar-refractivity contribution < 1.29 is 18.7 Å². The second kappa shape index (κ2) is 4.59. The summed E-state index contributed by atoms with van der Waals surface area (Å²) in [5.41, 5.74) is 0.198. The highest BCUT2D eigenvalue weighted by atomic mass is 19.1. The smallest absolute Gasteiger partial charge is 0.345 e. The molecule has 5 nitrogen and oxygen atoms in total. The van der Waals surface area contributed by atoms with Crippen LogP contribution in [0.4, 0.5) is 4.39 Å². The standard InChI is InChI=1S/C8H11FN2O3/c1-13-7-6(8(12)14-2)5-11(10-7)4-3-9/h5H,3-4H2,1-2H3. The van der Waals surface area contributed by atoms with Gasteiger partial charge >= 0.3 is 5.97 Å². The molecule has 0 bridgehead atoms. The molecule has 0 amide bonds. The van der Waals surface area contributed by atoms with E-state index >= 15 is 0 Å². The molecule has 0 aliphatic rings. The molecule has 0 radical (unpaired) electrons. The van der Waals surface area contributed by atoms with Crippen molar-refractivity contribution in [2.24, 2.45) is 0 Å². The predicted molar refractivity (Wildman–Crippen MR) is 46.1 cm³/mol. The van der Waals surface area contributed by atoms with Crippen LogP contribution in [0.1, 0.15) is 10.4 Å². The first kappa shape index (κ1) is 10.5. The molecule has 0 atom stereocenters. The summed E-state index contributed by atoms with van der Waals surface area (Å²) < 4.78 is 22.6. The van der Waals surface area contributed by atoms with Gasteiger partial charge in [0.25, 0.3) is 0 Å². The van der Waals surface area contributed by atoms with E-state index in [4.69, 9.17) is 4.74 Å². The number of hydrogen-bond acceptors (Lipinski definition) is 4. The minimum Gasteiger partial charge on any atom is -0.479 e. The van der Waals surface area contributed by atoms with Gasteiger partial charge < -0.3 is 9.47 Å². The van der Waals surface area contributed by atoms with Crippen LogP contribution in [0, 0.1) is 0 Å². The number of halogens is 1. The van der Waals surface area contributed by atoms with Crippen molar-refractivity contribution in [3.05, 3.63) is 11.8 Å². The lowest BCUT2D eigenvalue weighted by Gasteiger charge is -1.96. The van der Waals surface area contributed by atoms with E-state index in [2.05, 4.69) is 9.84 Å². The Bertz CT molecular complexity index is 324. The predicted octanol–water partition coefficient (Wildman–Crippen LogP) is 0.648. The molecule has 78 valence electrons. The van der Waals surface area contributed by atoms with E-state index in [0.717, 1.165) is 0 Å². The summed E-state index contributed by atoms with van der Waals surface area (Å²) in [4.78, 5) is 11.2. The van der Waals surface area contributed by atoms with Crippen molar-refractivity contribution in [3.8, 4) is 5.88 Å². The Morgan fingerprint density at radius 1 is 1.64 bits per heavy atom. The van der Waals surface area contributed by atoms with Crippen molar-refractivity contribution >= 4 is 5.97 Å². The number of alkyl halides is 1. The van der Waals surface area contributed by atoms with Gasteiger partial charge in [0.1, 0.15) is 12.2 Å². The van der Waals surface area contributed by atoms with E-state index in [1.165, 1.54) is 25.1 Å². The number of carbonyl (C=O) groups excluding carboxylic acids is 1. The number of aryl methyl sites for hydroxylation is 1. The lowest BCUT2D eigenvalue weighted by Crippen LogP contribution is -2.02. The Labute approximate surface area is 80.4 Å². The zero-order valence-electron chi connectivity index (χ0n) is 7.99. The van der Waals surface area contributed by atoms with Crippen molar-refractivity contribution in [1.82, 2.24) is 9.78 Å². The molecule has 0 aliphatic heterocycles. The quantitative estimate of drug-likeness (QED) is 0.672. The molecule has 1 aromatic heterocycles. The molecule has 0 spiro atoms. The van der Waals surface area contributed by atoms with Gasteiger partial charge in [-0.05, 0) is 0 Å². The first-order chi connectivity index (χ1) is 6.72. The second-order valence-electron chi connectivity index (χ2n) is 2.50. The first-order valence-corrected chi connectivity index (χ1v) is 3.98. The van der Waals surface area contributed by atoms with E-state index in [-0.39, 0.29) is 18.0 Å². The van der Waals surface area contributed by atoms with Gasteiger partial charge in [0.05, 0.1) is 20.8 Å². The number of methoxy groups -OCH3 is 2.